The highest BCUT2D eigenvalue weighted by Crippen LogP contribution is 2.01. The predicted molar refractivity (Wildman–Crippen MR) is 72.9 cm³/mol. The molecule has 0 aliphatic rings. The van der Waals surface area contributed by atoms with E-state index in [1.165, 1.54) is 32.6 Å². The molecule has 2 nitrogen and oxygen atoms in total. The Morgan fingerprint density at radius 3 is 2.24 bits per heavy atom. The number of esters is 1. The molecule has 0 spiro atoms. The molecule has 17 heavy (non-hydrogen) atoms. The number of carbonyl (C=O) groups excluding carboxylic acids is 1. The van der Waals surface area contributed by atoms with Crippen LogP contribution in [-0.4, -0.2) is 12.6 Å². The molecule has 0 amide bonds. The largest absolute Gasteiger partial charge is 0.466 e. The summed E-state index contributed by atoms with van der Waals surface area (Å²) >= 11 is 0. The highest BCUT2D eigenvalue weighted by molar-refractivity contribution is 5.65. The van der Waals surface area contributed by atoms with Gasteiger partial charge in [-0.3, -0.25) is 4.79 Å². The molecule has 0 radical (unpaired) electrons. The number of carbonyl (C=O) groups is 1. The van der Waals surface area contributed by atoms with Crippen LogP contribution >= 0.6 is 0 Å². The van der Waals surface area contributed by atoms with Crippen molar-refractivity contribution in [3.05, 3.63) is 24.3 Å². The van der Waals surface area contributed by atoms with Gasteiger partial charge in [0.2, 0.25) is 0 Å². The summed E-state index contributed by atoms with van der Waals surface area (Å²) in [6.45, 7) is 4.20. The van der Waals surface area contributed by atoms with Crippen molar-refractivity contribution in [2.24, 2.45) is 0 Å². The van der Waals surface area contributed by atoms with E-state index < -0.39 is 0 Å². The molecule has 0 aromatic heterocycles. The Labute approximate surface area is 106 Å². The average Bonchev–Trinajstić information content (AvgIpc) is 2.30. The van der Waals surface area contributed by atoms with E-state index in [9.17, 15) is 4.79 Å². The fraction of sp³-hybridized carbons (Fsp3) is 0.667. The average molecular weight is 238 g/mol. The minimum Gasteiger partial charge on any atom is -0.466 e. The zero-order valence-corrected chi connectivity index (χ0v) is 11.3. The first-order valence-electron chi connectivity index (χ1n) is 6.70. The zero-order chi connectivity index (χ0) is 12.8. The van der Waals surface area contributed by atoms with Crippen molar-refractivity contribution in [3.8, 4) is 0 Å². The molecular formula is C15H26O2. The highest BCUT2D eigenvalue weighted by atomic mass is 16.5. The van der Waals surface area contributed by atoms with E-state index in [1.54, 1.807) is 0 Å². The Morgan fingerprint density at radius 2 is 1.65 bits per heavy atom. The van der Waals surface area contributed by atoms with Crippen LogP contribution in [-0.2, 0) is 9.53 Å². The van der Waals surface area contributed by atoms with Gasteiger partial charge in [-0.05, 0) is 32.1 Å². The van der Waals surface area contributed by atoms with E-state index in [0.717, 1.165) is 19.3 Å². The topological polar surface area (TPSA) is 26.3 Å². The van der Waals surface area contributed by atoms with Crippen molar-refractivity contribution in [2.75, 3.05) is 6.61 Å². The Bertz CT molecular complexity index is 229. The third kappa shape index (κ3) is 14.9. The van der Waals surface area contributed by atoms with Crippen LogP contribution in [0.25, 0.3) is 0 Å². The lowest BCUT2D eigenvalue weighted by Crippen LogP contribution is -1.99. The summed E-state index contributed by atoms with van der Waals surface area (Å²) in [6.07, 6.45) is 16.8. The molecule has 2 heteroatoms. The maximum Gasteiger partial charge on any atom is 0.302 e. The van der Waals surface area contributed by atoms with Gasteiger partial charge in [-0.1, -0.05) is 44.1 Å². The van der Waals surface area contributed by atoms with Gasteiger partial charge in [0.05, 0.1) is 6.61 Å². The smallest absolute Gasteiger partial charge is 0.302 e. The quantitative estimate of drug-likeness (QED) is 0.320. The second kappa shape index (κ2) is 13.0. The number of unbranched alkanes of at least 4 members (excludes halogenated alkanes) is 4. The lowest BCUT2D eigenvalue weighted by Gasteiger charge is -1.97. The Balaban J connectivity index is 3.21. The van der Waals surface area contributed by atoms with Crippen LogP contribution in [0.5, 0.6) is 0 Å². The molecule has 0 bridgehead atoms. The van der Waals surface area contributed by atoms with Gasteiger partial charge >= 0.3 is 5.97 Å². The Morgan fingerprint density at radius 1 is 1.00 bits per heavy atom. The van der Waals surface area contributed by atoms with Crippen LogP contribution in [0.15, 0.2) is 24.3 Å². The summed E-state index contributed by atoms with van der Waals surface area (Å²) in [6, 6.07) is 0. The maximum atomic E-state index is 10.5. The van der Waals surface area contributed by atoms with E-state index in [-0.39, 0.29) is 5.97 Å². The summed E-state index contributed by atoms with van der Waals surface area (Å²) in [5, 5.41) is 0. The monoisotopic (exact) mass is 238 g/mol. The van der Waals surface area contributed by atoms with E-state index in [2.05, 4.69) is 31.2 Å². The first kappa shape index (κ1) is 16.0. The number of rotatable bonds is 10. The van der Waals surface area contributed by atoms with Crippen LogP contribution in [0, 0.1) is 0 Å². The summed E-state index contributed by atoms with van der Waals surface area (Å²) < 4.78 is 4.84. The lowest BCUT2D eigenvalue weighted by atomic mass is 10.2. The van der Waals surface area contributed by atoms with Crippen molar-refractivity contribution in [1.29, 1.82) is 0 Å². The summed E-state index contributed by atoms with van der Waals surface area (Å²) in [4.78, 5) is 10.5. The van der Waals surface area contributed by atoms with Gasteiger partial charge in [-0.25, -0.2) is 0 Å². The molecule has 0 aliphatic carbocycles. The van der Waals surface area contributed by atoms with Crippen LogP contribution in [0.1, 0.15) is 58.8 Å². The molecule has 0 aromatic carbocycles. The maximum absolute atomic E-state index is 10.5. The lowest BCUT2D eigenvalue weighted by molar-refractivity contribution is -0.141. The Hall–Kier alpha value is -1.05. The molecule has 98 valence electrons. The third-order valence-corrected chi connectivity index (χ3v) is 2.40. The third-order valence-electron chi connectivity index (χ3n) is 2.40. The molecule has 0 fully saturated rings. The number of hydrogen-bond acceptors (Lipinski definition) is 2. The highest BCUT2D eigenvalue weighted by Gasteiger charge is 1.89. The fourth-order valence-corrected chi connectivity index (χ4v) is 1.44. The summed E-state index contributed by atoms with van der Waals surface area (Å²) in [7, 11) is 0. The SMILES string of the molecule is CCCCC/C=C\C/C=C/CCCOC(C)=O. The molecule has 0 heterocycles. The molecule has 0 aliphatic heterocycles. The fourth-order valence-electron chi connectivity index (χ4n) is 1.44. The van der Waals surface area contributed by atoms with Gasteiger partial charge in [0, 0.05) is 6.92 Å². The first-order valence-corrected chi connectivity index (χ1v) is 6.70. The molecule has 0 rings (SSSR count). The normalized spacial score (nSPS) is 11.4. The molecule has 0 atom stereocenters. The Kier molecular flexibility index (Phi) is 12.2. The van der Waals surface area contributed by atoms with Gasteiger partial charge in [-0.15, -0.1) is 0 Å². The molecule has 0 aromatic rings. The number of allylic oxidation sites excluding steroid dienone is 4. The van der Waals surface area contributed by atoms with Crippen LogP contribution < -0.4 is 0 Å². The van der Waals surface area contributed by atoms with Gasteiger partial charge in [0.1, 0.15) is 0 Å². The van der Waals surface area contributed by atoms with Gasteiger partial charge in [-0.2, -0.15) is 0 Å². The van der Waals surface area contributed by atoms with Crippen molar-refractivity contribution in [3.63, 3.8) is 0 Å². The van der Waals surface area contributed by atoms with E-state index in [4.69, 9.17) is 4.74 Å². The minimum atomic E-state index is -0.191. The van der Waals surface area contributed by atoms with Crippen LogP contribution in [0.2, 0.25) is 0 Å². The molecule has 0 saturated heterocycles. The van der Waals surface area contributed by atoms with Crippen LogP contribution in [0.4, 0.5) is 0 Å². The zero-order valence-electron chi connectivity index (χ0n) is 11.3. The summed E-state index contributed by atoms with van der Waals surface area (Å²) in [5.74, 6) is -0.191. The molecular weight excluding hydrogens is 212 g/mol. The van der Waals surface area contributed by atoms with Crippen molar-refractivity contribution < 1.29 is 9.53 Å². The predicted octanol–water partition coefficient (Wildman–Crippen LogP) is 4.41. The van der Waals surface area contributed by atoms with E-state index >= 15 is 0 Å². The molecule has 0 unspecified atom stereocenters. The number of ether oxygens (including phenoxy) is 1. The first-order chi connectivity index (χ1) is 8.27. The van der Waals surface area contributed by atoms with E-state index in [1.807, 2.05) is 0 Å². The second-order valence-corrected chi connectivity index (χ2v) is 4.16. The minimum absolute atomic E-state index is 0.191. The molecule has 0 N–H and O–H groups in total. The van der Waals surface area contributed by atoms with Gasteiger partial charge in [0.15, 0.2) is 0 Å². The van der Waals surface area contributed by atoms with Gasteiger partial charge in [0.25, 0.3) is 0 Å². The van der Waals surface area contributed by atoms with E-state index in [0.29, 0.717) is 6.61 Å². The summed E-state index contributed by atoms with van der Waals surface area (Å²) in [5.41, 5.74) is 0. The number of hydrogen-bond donors (Lipinski definition) is 0. The van der Waals surface area contributed by atoms with Gasteiger partial charge < -0.3 is 4.74 Å². The molecule has 0 saturated carbocycles. The van der Waals surface area contributed by atoms with Crippen LogP contribution in [0.3, 0.4) is 0 Å². The van der Waals surface area contributed by atoms with Crippen molar-refractivity contribution in [1.82, 2.24) is 0 Å². The standard InChI is InChI=1S/C15H26O2/c1-3-4-5-6-7-8-9-10-11-12-13-14-17-15(2)16/h7-8,10-11H,3-6,9,12-14H2,1-2H3/b8-7-,11-10+. The second-order valence-electron chi connectivity index (χ2n) is 4.16. The van der Waals surface area contributed by atoms with Crippen molar-refractivity contribution in [2.45, 2.75) is 58.8 Å². The van der Waals surface area contributed by atoms with Crippen molar-refractivity contribution >= 4 is 5.97 Å².